The van der Waals surface area contributed by atoms with E-state index in [1.165, 1.54) is 0 Å². The van der Waals surface area contributed by atoms with Gasteiger partial charge in [0.1, 0.15) is 11.6 Å². The van der Waals surface area contributed by atoms with E-state index in [-0.39, 0.29) is 12.2 Å². The van der Waals surface area contributed by atoms with E-state index in [0.29, 0.717) is 6.07 Å². The van der Waals surface area contributed by atoms with Crippen LogP contribution in [0.5, 0.6) is 0 Å². The molecule has 0 N–H and O–H groups in total. The van der Waals surface area contributed by atoms with E-state index in [2.05, 4.69) is 4.74 Å². The van der Waals surface area contributed by atoms with E-state index in [4.69, 9.17) is 0 Å². The topological polar surface area (TPSA) is 43.4 Å². The summed E-state index contributed by atoms with van der Waals surface area (Å²) in [5.74, 6) is -3.16. The molecule has 0 aliphatic heterocycles. The van der Waals surface area contributed by atoms with Crippen LogP contribution in [0.3, 0.4) is 0 Å². The van der Waals surface area contributed by atoms with Gasteiger partial charge < -0.3 is 4.74 Å². The molecule has 1 aromatic carbocycles. The first kappa shape index (κ1) is 13.0. The van der Waals surface area contributed by atoms with Gasteiger partial charge in [0.2, 0.25) is 0 Å². The quantitative estimate of drug-likeness (QED) is 0.460. The highest BCUT2D eigenvalue weighted by atomic mass is 19.1. The molecular formula is C12H10F2O3. The molecule has 0 aliphatic carbocycles. The molecule has 0 atom stereocenters. The molecule has 0 aromatic heterocycles. The molecule has 0 unspecified atom stereocenters. The lowest BCUT2D eigenvalue weighted by Gasteiger charge is -1.98. The lowest BCUT2D eigenvalue weighted by atomic mass is 10.1. The van der Waals surface area contributed by atoms with Crippen LogP contribution in [-0.4, -0.2) is 18.4 Å². The second kappa shape index (κ2) is 5.89. The van der Waals surface area contributed by atoms with Crippen LogP contribution in [0, 0.1) is 11.6 Å². The van der Waals surface area contributed by atoms with Crippen LogP contribution in [0.1, 0.15) is 17.3 Å². The predicted molar refractivity (Wildman–Crippen MR) is 56.5 cm³/mol. The van der Waals surface area contributed by atoms with Gasteiger partial charge in [-0.2, -0.15) is 0 Å². The van der Waals surface area contributed by atoms with E-state index in [0.717, 1.165) is 24.3 Å². The van der Waals surface area contributed by atoms with Crippen LogP contribution >= 0.6 is 0 Å². The molecular weight excluding hydrogens is 230 g/mol. The van der Waals surface area contributed by atoms with Crippen LogP contribution < -0.4 is 0 Å². The minimum absolute atomic E-state index is 0.183. The molecule has 0 saturated heterocycles. The van der Waals surface area contributed by atoms with Gasteiger partial charge in [-0.05, 0) is 25.1 Å². The Morgan fingerprint density at radius 3 is 2.59 bits per heavy atom. The molecule has 5 heteroatoms. The number of hydrogen-bond donors (Lipinski definition) is 0. The lowest BCUT2D eigenvalue weighted by molar-refractivity contribution is -0.137. The number of ether oxygens (including phenoxy) is 1. The van der Waals surface area contributed by atoms with Crippen molar-refractivity contribution in [3.63, 3.8) is 0 Å². The molecule has 0 aliphatic rings. The van der Waals surface area contributed by atoms with Gasteiger partial charge in [-0.25, -0.2) is 13.6 Å². The molecule has 0 radical (unpaired) electrons. The molecule has 0 saturated carbocycles. The van der Waals surface area contributed by atoms with Gasteiger partial charge in [0.25, 0.3) is 0 Å². The zero-order valence-corrected chi connectivity index (χ0v) is 9.07. The SMILES string of the molecule is CCOC(=O)/C=C/C(=O)c1ccc(F)cc1F. The number of allylic oxidation sites excluding steroid dienone is 1. The first-order chi connectivity index (χ1) is 8.04. The molecule has 0 bridgehead atoms. The monoisotopic (exact) mass is 240 g/mol. The Bertz CT molecular complexity index is 467. The fourth-order valence-electron chi connectivity index (χ4n) is 1.11. The van der Waals surface area contributed by atoms with E-state index < -0.39 is 23.4 Å². The number of halogens is 2. The van der Waals surface area contributed by atoms with Crippen molar-refractivity contribution in [2.24, 2.45) is 0 Å². The highest BCUT2D eigenvalue weighted by Crippen LogP contribution is 2.10. The number of carbonyl (C=O) groups excluding carboxylic acids is 2. The minimum atomic E-state index is -0.969. The first-order valence-corrected chi connectivity index (χ1v) is 4.88. The standard InChI is InChI=1S/C12H10F2O3/c1-2-17-12(16)6-5-11(15)9-4-3-8(13)7-10(9)14/h3-7H,2H2,1H3/b6-5+. The average molecular weight is 240 g/mol. The molecule has 0 fully saturated rings. The van der Waals surface area contributed by atoms with Crippen molar-refractivity contribution >= 4 is 11.8 Å². The molecule has 1 rings (SSSR count). The maximum atomic E-state index is 13.2. The molecule has 0 heterocycles. The summed E-state index contributed by atoms with van der Waals surface area (Å²) in [7, 11) is 0. The Hall–Kier alpha value is -2.04. The van der Waals surface area contributed by atoms with Crippen LogP contribution in [0.15, 0.2) is 30.4 Å². The van der Waals surface area contributed by atoms with Gasteiger partial charge in [0.15, 0.2) is 5.78 Å². The molecule has 17 heavy (non-hydrogen) atoms. The number of benzene rings is 1. The number of rotatable bonds is 4. The number of esters is 1. The Morgan fingerprint density at radius 1 is 1.29 bits per heavy atom. The second-order valence-electron chi connectivity index (χ2n) is 3.07. The molecule has 0 spiro atoms. The van der Waals surface area contributed by atoms with Crippen LogP contribution in [0.25, 0.3) is 0 Å². The summed E-state index contributed by atoms with van der Waals surface area (Å²) in [5.41, 5.74) is -0.299. The second-order valence-corrected chi connectivity index (χ2v) is 3.07. The molecule has 90 valence electrons. The van der Waals surface area contributed by atoms with Crippen LogP contribution in [0.2, 0.25) is 0 Å². The summed E-state index contributed by atoms with van der Waals surface area (Å²) < 4.78 is 30.3. The zero-order chi connectivity index (χ0) is 12.8. The van der Waals surface area contributed by atoms with E-state index in [1.807, 2.05) is 0 Å². The molecule has 0 amide bonds. The third kappa shape index (κ3) is 3.79. The van der Waals surface area contributed by atoms with Gasteiger partial charge in [0, 0.05) is 12.1 Å². The van der Waals surface area contributed by atoms with Crippen molar-refractivity contribution in [1.29, 1.82) is 0 Å². The fraction of sp³-hybridized carbons (Fsp3) is 0.167. The smallest absolute Gasteiger partial charge is 0.330 e. The largest absolute Gasteiger partial charge is 0.463 e. The highest BCUT2D eigenvalue weighted by Gasteiger charge is 2.10. The maximum Gasteiger partial charge on any atom is 0.330 e. The van der Waals surface area contributed by atoms with Crippen molar-refractivity contribution < 1.29 is 23.1 Å². The Kier molecular flexibility index (Phi) is 4.51. The summed E-state index contributed by atoms with van der Waals surface area (Å²) in [6.07, 6.45) is 1.78. The number of hydrogen-bond acceptors (Lipinski definition) is 3. The average Bonchev–Trinajstić information content (AvgIpc) is 2.26. The van der Waals surface area contributed by atoms with Crippen molar-refractivity contribution in [2.75, 3.05) is 6.61 Å². The van der Waals surface area contributed by atoms with Gasteiger partial charge >= 0.3 is 5.97 Å². The Balaban J connectivity index is 2.80. The Labute approximate surface area is 96.7 Å². The predicted octanol–water partition coefficient (Wildman–Crippen LogP) is 2.27. The Morgan fingerprint density at radius 2 is 2.00 bits per heavy atom. The molecule has 3 nitrogen and oxygen atoms in total. The minimum Gasteiger partial charge on any atom is -0.463 e. The van der Waals surface area contributed by atoms with Crippen LogP contribution in [-0.2, 0) is 9.53 Å². The third-order valence-electron chi connectivity index (χ3n) is 1.85. The number of carbonyl (C=O) groups is 2. The summed E-state index contributed by atoms with van der Waals surface area (Å²) in [6.45, 7) is 1.80. The van der Waals surface area contributed by atoms with Gasteiger partial charge in [-0.1, -0.05) is 0 Å². The molecule has 1 aromatic rings. The first-order valence-electron chi connectivity index (χ1n) is 4.88. The summed E-state index contributed by atoms with van der Waals surface area (Å²) in [5, 5.41) is 0. The zero-order valence-electron chi connectivity index (χ0n) is 9.07. The maximum absolute atomic E-state index is 13.2. The van der Waals surface area contributed by atoms with Crippen LogP contribution in [0.4, 0.5) is 8.78 Å². The van der Waals surface area contributed by atoms with E-state index in [1.54, 1.807) is 6.92 Å². The van der Waals surface area contributed by atoms with E-state index in [9.17, 15) is 18.4 Å². The van der Waals surface area contributed by atoms with Gasteiger partial charge in [-0.3, -0.25) is 4.79 Å². The third-order valence-corrected chi connectivity index (χ3v) is 1.85. The van der Waals surface area contributed by atoms with Crippen molar-refractivity contribution in [2.45, 2.75) is 6.92 Å². The summed E-state index contributed by atoms with van der Waals surface area (Å²) in [4.78, 5) is 22.3. The lowest BCUT2D eigenvalue weighted by Crippen LogP contribution is -2.03. The van der Waals surface area contributed by atoms with E-state index >= 15 is 0 Å². The highest BCUT2D eigenvalue weighted by molar-refractivity contribution is 6.07. The number of ketones is 1. The van der Waals surface area contributed by atoms with Crippen molar-refractivity contribution in [3.05, 3.63) is 47.5 Å². The summed E-state index contributed by atoms with van der Waals surface area (Å²) in [6, 6.07) is 2.59. The van der Waals surface area contributed by atoms with Gasteiger partial charge in [-0.15, -0.1) is 0 Å². The van der Waals surface area contributed by atoms with Crippen molar-refractivity contribution in [3.8, 4) is 0 Å². The van der Waals surface area contributed by atoms with Crippen molar-refractivity contribution in [1.82, 2.24) is 0 Å². The van der Waals surface area contributed by atoms with Gasteiger partial charge in [0.05, 0.1) is 12.2 Å². The summed E-state index contributed by atoms with van der Waals surface area (Å²) >= 11 is 0. The fourth-order valence-corrected chi connectivity index (χ4v) is 1.11. The normalized spacial score (nSPS) is 10.5.